The Hall–Kier alpha value is -2.93. The van der Waals surface area contributed by atoms with Gasteiger partial charge in [0.2, 0.25) is 15.8 Å². The third-order valence-electron chi connectivity index (χ3n) is 6.46. The maximum Gasteiger partial charge on any atom is 0.214 e. The Labute approximate surface area is 225 Å². The van der Waals surface area contributed by atoms with Gasteiger partial charge in [0.05, 0.1) is 11.3 Å². The lowest BCUT2D eigenvalue weighted by molar-refractivity contribution is 0.103. The van der Waals surface area contributed by atoms with Gasteiger partial charge in [0.1, 0.15) is 22.3 Å². The van der Waals surface area contributed by atoms with E-state index in [0.717, 1.165) is 30.0 Å². The van der Waals surface area contributed by atoms with Crippen molar-refractivity contribution >= 4 is 38.1 Å². The molecule has 204 valence electrons. The van der Waals surface area contributed by atoms with Crippen LogP contribution in [0, 0.1) is 11.6 Å². The zero-order chi connectivity index (χ0) is 27.3. The summed E-state index contributed by atoms with van der Waals surface area (Å²) in [6, 6.07) is 13.2. The van der Waals surface area contributed by atoms with Crippen molar-refractivity contribution in [2.75, 3.05) is 43.5 Å². The van der Waals surface area contributed by atoms with Crippen LogP contribution in [0.4, 0.5) is 19.7 Å². The highest BCUT2D eigenvalue weighted by atomic mass is 32.2. The number of nitrogen functional groups attached to an aromatic ring is 1. The summed E-state index contributed by atoms with van der Waals surface area (Å²) in [5.41, 5.74) is 6.40. The van der Waals surface area contributed by atoms with Crippen molar-refractivity contribution in [1.82, 2.24) is 14.2 Å². The first kappa shape index (κ1) is 28.1. The number of piperidine rings is 1. The van der Waals surface area contributed by atoms with Crippen molar-refractivity contribution in [2.24, 2.45) is 0 Å². The molecule has 0 unspecified atom stereocenters. The number of halogens is 2. The van der Waals surface area contributed by atoms with Gasteiger partial charge in [0.25, 0.3) is 0 Å². The number of carbonyl (C=O) groups is 1. The van der Waals surface area contributed by atoms with Crippen LogP contribution in [0.5, 0.6) is 0 Å². The van der Waals surface area contributed by atoms with Crippen LogP contribution in [-0.4, -0.2) is 66.9 Å². The highest BCUT2D eigenvalue weighted by Gasteiger charge is 2.29. The zero-order valence-electron chi connectivity index (χ0n) is 21.1. The number of nitrogens with two attached hydrogens (primary N) is 1. The van der Waals surface area contributed by atoms with E-state index in [2.05, 4.69) is 15.2 Å². The highest BCUT2D eigenvalue weighted by Crippen LogP contribution is 2.30. The second-order valence-electron chi connectivity index (χ2n) is 9.37. The maximum absolute atomic E-state index is 14.0. The molecule has 0 aliphatic carbocycles. The molecule has 0 atom stereocenters. The number of nitrogens with one attached hydrogen (secondary N) is 1. The number of ketones is 1. The molecule has 0 amide bonds. The Balaban J connectivity index is 1.26. The Morgan fingerprint density at radius 3 is 2.45 bits per heavy atom. The molecule has 2 heterocycles. The average Bonchev–Trinajstić information content (AvgIpc) is 3.24. The molecule has 8 nitrogen and oxygen atoms in total. The smallest absolute Gasteiger partial charge is 0.214 e. The fourth-order valence-electron chi connectivity index (χ4n) is 4.46. The maximum atomic E-state index is 14.0. The summed E-state index contributed by atoms with van der Waals surface area (Å²) in [5.74, 6) is -2.81. The second kappa shape index (κ2) is 12.3. The zero-order valence-corrected chi connectivity index (χ0v) is 22.7. The van der Waals surface area contributed by atoms with E-state index in [1.54, 1.807) is 0 Å². The van der Waals surface area contributed by atoms with E-state index in [0.29, 0.717) is 44.0 Å². The molecule has 2 aromatic carbocycles. The minimum absolute atomic E-state index is 0.0475. The molecule has 1 aromatic heterocycles. The van der Waals surface area contributed by atoms with Gasteiger partial charge in [-0.3, -0.25) is 4.79 Å². The van der Waals surface area contributed by atoms with E-state index in [-0.39, 0.29) is 22.5 Å². The standard InChI is InChI=1S/C26H31F2N5O3S2/c1-32(17-18-7-3-2-4-8-18)13-6-16-38(35,36)33-14-11-19(12-15-33)30-26-31-25(29)24(37-26)23(34)22-20(27)9-5-10-21(22)28/h2-5,7-10,19H,6,11-17,29H2,1H3,(H,30,31). The van der Waals surface area contributed by atoms with Gasteiger partial charge in [-0.15, -0.1) is 0 Å². The molecule has 3 aromatic rings. The normalized spacial score (nSPS) is 15.2. The fraction of sp³-hybridized carbons (Fsp3) is 0.385. The molecular weight excluding hydrogens is 532 g/mol. The molecule has 1 aliphatic rings. The lowest BCUT2D eigenvalue weighted by Crippen LogP contribution is -2.43. The van der Waals surface area contributed by atoms with E-state index in [4.69, 9.17) is 5.73 Å². The quantitative estimate of drug-likeness (QED) is 0.340. The van der Waals surface area contributed by atoms with Gasteiger partial charge in [-0.25, -0.2) is 26.5 Å². The summed E-state index contributed by atoms with van der Waals surface area (Å²) in [6.45, 7) is 2.18. The summed E-state index contributed by atoms with van der Waals surface area (Å²) in [4.78, 5) is 18.9. The van der Waals surface area contributed by atoms with Gasteiger partial charge in [-0.05, 0) is 50.6 Å². The lowest BCUT2D eigenvalue weighted by atomic mass is 10.1. The Kier molecular flexibility index (Phi) is 9.08. The minimum atomic E-state index is -3.37. The predicted octanol–water partition coefficient (Wildman–Crippen LogP) is 3.96. The number of anilines is 2. The highest BCUT2D eigenvalue weighted by molar-refractivity contribution is 7.89. The summed E-state index contributed by atoms with van der Waals surface area (Å²) < 4.78 is 55.3. The van der Waals surface area contributed by atoms with Crippen LogP contribution in [0.3, 0.4) is 0 Å². The number of carbonyl (C=O) groups excluding carboxylic acids is 1. The number of hydrogen-bond acceptors (Lipinski definition) is 8. The van der Waals surface area contributed by atoms with Crippen LogP contribution in [0.2, 0.25) is 0 Å². The van der Waals surface area contributed by atoms with Crippen LogP contribution >= 0.6 is 11.3 Å². The minimum Gasteiger partial charge on any atom is -0.382 e. The lowest BCUT2D eigenvalue weighted by Gasteiger charge is -2.31. The topological polar surface area (TPSA) is 109 Å². The van der Waals surface area contributed by atoms with E-state index >= 15 is 0 Å². The van der Waals surface area contributed by atoms with Gasteiger partial charge in [0, 0.05) is 25.7 Å². The van der Waals surface area contributed by atoms with E-state index in [9.17, 15) is 22.0 Å². The largest absolute Gasteiger partial charge is 0.382 e. The Bertz CT molecular complexity index is 1340. The summed E-state index contributed by atoms with van der Waals surface area (Å²) in [5, 5.41) is 3.54. The molecule has 1 saturated heterocycles. The van der Waals surface area contributed by atoms with Crippen LogP contribution < -0.4 is 11.1 Å². The van der Waals surface area contributed by atoms with Crippen molar-refractivity contribution in [3.63, 3.8) is 0 Å². The number of benzene rings is 2. The number of rotatable bonds is 11. The number of sulfonamides is 1. The molecule has 0 bridgehead atoms. The molecule has 4 rings (SSSR count). The molecule has 0 spiro atoms. The summed E-state index contributed by atoms with van der Waals surface area (Å²) in [7, 11) is -1.39. The van der Waals surface area contributed by atoms with Crippen molar-refractivity contribution in [1.29, 1.82) is 0 Å². The van der Waals surface area contributed by atoms with Crippen LogP contribution in [0.1, 0.15) is 40.1 Å². The Morgan fingerprint density at radius 2 is 1.79 bits per heavy atom. The number of nitrogens with zero attached hydrogens (tertiary/aromatic N) is 3. The van der Waals surface area contributed by atoms with Crippen molar-refractivity contribution in [2.45, 2.75) is 31.8 Å². The first-order valence-electron chi connectivity index (χ1n) is 12.4. The van der Waals surface area contributed by atoms with Crippen LogP contribution in [-0.2, 0) is 16.6 Å². The van der Waals surface area contributed by atoms with Gasteiger partial charge < -0.3 is 16.0 Å². The molecule has 0 saturated carbocycles. The third kappa shape index (κ3) is 6.93. The molecule has 38 heavy (non-hydrogen) atoms. The first-order valence-corrected chi connectivity index (χ1v) is 14.8. The van der Waals surface area contributed by atoms with E-state index < -0.39 is 33.0 Å². The van der Waals surface area contributed by atoms with Crippen molar-refractivity contribution in [3.05, 3.63) is 76.2 Å². The molecular formula is C26H31F2N5O3S2. The molecule has 12 heteroatoms. The number of hydrogen-bond donors (Lipinski definition) is 2. The van der Waals surface area contributed by atoms with Gasteiger partial charge in [-0.1, -0.05) is 47.7 Å². The molecule has 1 aliphatic heterocycles. The van der Waals surface area contributed by atoms with Gasteiger partial charge >= 0.3 is 0 Å². The summed E-state index contributed by atoms with van der Waals surface area (Å²) in [6.07, 6.45) is 1.65. The molecule has 3 N–H and O–H groups in total. The SMILES string of the molecule is CN(CCCS(=O)(=O)N1CCC(Nc2nc(N)c(C(=O)c3c(F)cccc3F)s2)CC1)Cc1ccccc1. The number of aromatic nitrogens is 1. The third-order valence-corrected chi connectivity index (χ3v) is 9.42. The van der Waals surface area contributed by atoms with Crippen LogP contribution in [0.15, 0.2) is 48.5 Å². The average molecular weight is 564 g/mol. The van der Waals surface area contributed by atoms with E-state index in [1.165, 1.54) is 15.9 Å². The predicted molar refractivity (Wildman–Crippen MR) is 146 cm³/mol. The molecule has 1 fully saturated rings. The number of thiazole rings is 1. The van der Waals surface area contributed by atoms with E-state index in [1.807, 2.05) is 37.4 Å². The Morgan fingerprint density at radius 1 is 1.13 bits per heavy atom. The monoisotopic (exact) mass is 563 g/mol. The van der Waals surface area contributed by atoms with Gasteiger partial charge in [0.15, 0.2) is 5.13 Å². The summed E-state index contributed by atoms with van der Waals surface area (Å²) >= 11 is 0.927. The first-order chi connectivity index (χ1) is 18.1. The van der Waals surface area contributed by atoms with Crippen molar-refractivity contribution < 1.29 is 22.0 Å². The van der Waals surface area contributed by atoms with Crippen LogP contribution in [0.25, 0.3) is 0 Å². The van der Waals surface area contributed by atoms with Crippen molar-refractivity contribution in [3.8, 4) is 0 Å². The molecule has 0 radical (unpaired) electrons. The fourth-order valence-corrected chi connectivity index (χ4v) is 6.88. The van der Waals surface area contributed by atoms with Gasteiger partial charge in [-0.2, -0.15) is 0 Å². The second-order valence-corrected chi connectivity index (χ2v) is 12.5.